The lowest BCUT2D eigenvalue weighted by atomic mass is 10.1. The second-order valence-corrected chi connectivity index (χ2v) is 6.32. The van der Waals surface area contributed by atoms with Crippen LogP contribution < -0.4 is 16.2 Å². The zero-order chi connectivity index (χ0) is 23.8. The highest BCUT2D eigenvalue weighted by atomic mass is 19.4. The number of piperidine rings is 1. The molecule has 1 atom stereocenters. The summed E-state index contributed by atoms with van der Waals surface area (Å²) in [6.45, 7) is 5.18. The molecule has 3 rings (SSSR count). The maximum atomic E-state index is 12.1. The summed E-state index contributed by atoms with van der Waals surface area (Å²) in [5.74, 6) is 3.25. The number of imidazole rings is 1. The van der Waals surface area contributed by atoms with Crippen LogP contribution in [0.5, 0.6) is 0 Å². The Bertz CT molecular complexity index is 1070. The van der Waals surface area contributed by atoms with Crippen molar-refractivity contribution in [2.45, 2.75) is 38.9 Å². The lowest BCUT2D eigenvalue weighted by Crippen LogP contribution is -2.43. The second-order valence-electron chi connectivity index (χ2n) is 6.32. The molecule has 0 saturated carbocycles. The fourth-order valence-corrected chi connectivity index (χ4v) is 2.47. The highest BCUT2D eigenvalue weighted by Gasteiger charge is 2.38. The molecule has 1 saturated heterocycles. The Kier molecular flexibility index (Phi) is 9.02. The first-order valence-corrected chi connectivity index (χ1v) is 8.97. The van der Waals surface area contributed by atoms with Gasteiger partial charge in [-0.05, 0) is 26.7 Å². The Morgan fingerprint density at radius 3 is 2.35 bits per heavy atom. The van der Waals surface area contributed by atoms with Crippen molar-refractivity contribution in [1.82, 2.24) is 19.5 Å². The van der Waals surface area contributed by atoms with Gasteiger partial charge in [-0.3, -0.25) is 9.36 Å². The molecule has 1 unspecified atom stereocenters. The molecule has 0 radical (unpaired) electrons. The first-order valence-electron chi connectivity index (χ1n) is 8.97. The van der Waals surface area contributed by atoms with E-state index in [2.05, 4.69) is 26.8 Å². The Morgan fingerprint density at radius 1 is 1.32 bits per heavy atom. The number of aromatic nitrogens is 4. The van der Waals surface area contributed by atoms with E-state index in [-0.39, 0.29) is 23.1 Å². The number of anilines is 1. The van der Waals surface area contributed by atoms with Crippen LogP contribution in [0.15, 0.2) is 4.79 Å². The van der Waals surface area contributed by atoms with Gasteiger partial charge in [-0.1, -0.05) is 0 Å². The van der Waals surface area contributed by atoms with Crippen molar-refractivity contribution in [2.75, 3.05) is 18.0 Å². The molecule has 2 aromatic rings. The summed E-state index contributed by atoms with van der Waals surface area (Å²) in [7, 11) is 1.52. The average molecular weight is 441 g/mol. The van der Waals surface area contributed by atoms with Crippen molar-refractivity contribution in [2.24, 2.45) is 12.8 Å². The van der Waals surface area contributed by atoms with Gasteiger partial charge in [0.15, 0.2) is 11.2 Å². The van der Waals surface area contributed by atoms with Crippen molar-refractivity contribution in [3.05, 3.63) is 16.2 Å². The molecule has 10 nitrogen and oxygen atoms in total. The third-order valence-electron chi connectivity index (χ3n) is 4.07. The van der Waals surface area contributed by atoms with Gasteiger partial charge in [0.2, 0.25) is 11.8 Å². The van der Waals surface area contributed by atoms with Crippen LogP contribution in [0.1, 0.15) is 32.5 Å². The summed E-state index contributed by atoms with van der Waals surface area (Å²) in [4.78, 5) is 34.4. The molecule has 168 valence electrons. The van der Waals surface area contributed by atoms with Gasteiger partial charge in [0.1, 0.15) is 6.07 Å². The van der Waals surface area contributed by atoms with E-state index < -0.39 is 12.1 Å². The average Bonchev–Trinajstić information content (AvgIpc) is 3.15. The monoisotopic (exact) mass is 441 g/mol. The third-order valence-corrected chi connectivity index (χ3v) is 4.07. The van der Waals surface area contributed by atoms with Crippen LogP contribution in [0.25, 0.3) is 11.2 Å². The molecule has 0 aliphatic carbocycles. The SMILES string of the molecule is CC#CC.Cn1c(C#N)nc2nc(N3CCCC(N)C3)[nH]c2c1=O.O=C(O)C(F)(F)F. The van der Waals surface area contributed by atoms with Crippen LogP contribution in [0, 0.1) is 23.2 Å². The number of aliphatic carboxylic acids is 1. The number of alkyl halides is 3. The highest BCUT2D eigenvalue weighted by molar-refractivity contribution is 5.73. The lowest BCUT2D eigenvalue weighted by Gasteiger charge is -2.30. The van der Waals surface area contributed by atoms with Gasteiger partial charge in [0.25, 0.3) is 5.56 Å². The van der Waals surface area contributed by atoms with E-state index in [9.17, 15) is 18.0 Å². The summed E-state index contributed by atoms with van der Waals surface area (Å²) in [6.07, 6.45) is -3.09. The first-order chi connectivity index (χ1) is 14.5. The van der Waals surface area contributed by atoms with Crippen LogP contribution in [-0.4, -0.2) is 55.9 Å². The molecule has 1 aliphatic heterocycles. The van der Waals surface area contributed by atoms with E-state index in [0.717, 1.165) is 19.4 Å². The van der Waals surface area contributed by atoms with E-state index >= 15 is 0 Å². The van der Waals surface area contributed by atoms with Crippen molar-refractivity contribution in [3.8, 4) is 17.9 Å². The number of aromatic amines is 1. The summed E-state index contributed by atoms with van der Waals surface area (Å²) >= 11 is 0. The van der Waals surface area contributed by atoms with Crippen LogP contribution in [0.4, 0.5) is 19.1 Å². The van der Waals surface area contributed by atoms with Gasteiger partial charge in [0, 0.05) is 26.2 Å². The molecule has 1 aliphatic rings. The number of nitrogens with zero attached hydrogens (tertiary/aromatic N) is 5. The summed E-state index contributed by atoms with van der Waals surface area (Å²) in [6, 6.07) is 2.00. The zero-order valence-electron chi connectivity index (χ0n) is 17.1. The minimum atomic E-state index is -5.08. The Hall–Kier alpha value is -3.58. The summed E-state index contributed by atoms with van der Waals surface area (Å²) in [5, 5.41) is 16.1. The number of carbonyl (C=O) groups is 1. The smallest absolute Gasteiger partial charge is 0.475 e. The molecule has 13 heteroatoms. The predicted octanol–water partition coefficient (Wildman–Crippen LogP) is 1.12. The number of hydrogen-bond donors (Lipinski definition) is 3. The van der Waals surface area contributed by atoms with E-state index in [1.165, 1.54) is 11.6 Å². The lowest BCUT2D eigenvalue weighted by molar-refractivity contribution is -0.192. The number of fused-ring (bicyclic) bond motifs is 1. The highest BCUT2D eigenvalue weighted by Crippen LogP contribution is 2.18. The van der Waals surface area contributed by atoms with Crippen LogP contribution in [0.3, 0.4) is 0 Å². The van der Waals surface area contributed by atoms with Gasteiger partial charge in [0.05, 0.1) is 0 Å². The minimum absolute atomic E-state index is 0.0518. The normalized spacial score (nSPS) is 15.4. The number of halogens is 3. The van der Waals surface area contributed by atoms with Crippen LogP contribution >= 0.6 is 0 Å². The Labute approximate surface area is 175 Å². The predicted molar refractivity (Wildman–Crippen MR) is 106 cm³/mol. The number of nitrogens with one attached hydrogen (secondary N) is 1. The largest absolute Gasteiger partial charge is 0.490 e. The molecule has 0 aromatic carbocycles. The molecule has 0 spiro atoms. The number of nitrogens with two attached hydrogens (primary N) is 1. The van der Waals surface area contributed by atoms with Gasteiger partial charge in [-0.15, -0.1) is 11.8 Å². The first kappa shape index (κ1) is 25.5. The third kappa shape index (κ3) is 7.01. The zero-order valence-corrected chi connectivity index (χ0v) is 17.1. The number of nitriles is 1. The van der Waals surface area contributed by atoms with Gasteiger partial charge < -0.3 is 20.7 Å². The van der Waals surface area contributed by atoms with Crippen molar-refractivity contribution in [3.63, 3.8) is 0 Å². The standard InChI is InChI=1S/C12H15N7O.C4H6.C2HF3O2/c1-18-8(5-13)15-10-9(11(18)20)16-12(17-10)19-4-2-3-7(14)6-19;1-3-4-2;3-2(4,5)1(6)7/h7H,2-4,6,14H2,1H3,(H,16,17);1-2H3;(H,6,7). The van der Waals surface area contributed by atoms with Crippen LogP contribution in [0.2, 0.25) is 0 Å². The van der Waals surface area contributed by atoms with E-state index in [4.69, 9.17) is 20.9 Å². The van der Waals surface area contributed by atoms with E-state index in [1.54, 1.807) is 0 Å². The Morgan fingerprint density at radius 2 is 1.90 bits per heavy atom. The molecule has 0 amide bonds. The van der Waals surface area contributed by atoms with E-state index in [0.29, 0.717) is 18.0 Å². The molecule has 31 heavy (non-hydrogen) atoms. The summed E-state index contributed by atoms with van der Waals surface area (Å²) < 4.78 is 33.0. The number of carboxylic acid groups (broad SMARTS) is 1. The van der Waals surface area contributed by atoms with Gasteiger partial charge in [-0.2, -0.15) is 28.4 Å². The van der Waals surface area contributed by atoms with Crippen molar-refractivity contribution in [1.29, 1.82) is 5.26 Å². The minimum Gasteiger partial charge on any atom is -0.475 e. The molecule has 2 aromatic heterocycles. The maximum absolute atomic E-state index is 12.1. The number of H-pyrrole nitrogens is 1. The van der Waals surface area contributed by atoms with Crippen LogP contribution in [-0.2, 0) is 11.8 Å². The molecule has 0 bridgehead atoms. The molecule has 1 fully saturated rings. The maximum Gasteiger partial charge on any atom is 0.490 e. The number of carboxylic acids is 1. The number of rotatable bonds is 1. The van der Waals surface area contributed by atoms with E-state index in [1.807, 2.05) is 24.8 Å². The summed E-state index contributed by atoms with van der Waals surface area (Å²) in [5.41, 5.74) is 6.25. The number of hydrogen-bond acceptors (Lipinski definition) is 7. The molecule has 4 N–H and O–H groups in total. The molecular weight excluding hydrogens is 419 g/mol. The van der Waals surface area contributed by atoms with Crippen molar-refractivity contribution < 1.29 is 23.1 Å². The van der Waals surface area contributed by atoms with Crippen molar-refractivity contribution >= 4 is 23.1 Å². The quantitative estimate of drug-likeness (QED) is 0.556. The molecule has 3 heterocycles. The Balaban J connectivity index is 0.000000366. The van der Waals surface area contributed by atoms with Gasteiger partial charge in [-0.25, -0.2) is 4.79 Å². The molecular formula is C18H22F3N7O3. The fraction of sp³-hybridized carbons (Fsp3) is 0.500. The van der Waals surface area contributed by atoms with Gasteiger partial charge >= 0.3 is 12.1 Å². The fourth-order valence-electron chi connectivity index (χ4n) is 2.47. The second kappa shape index (κ2) is 11.0. The topological polar surface area (TPSA) is 154 Å².